The summed E-state index contributed by atoms with van der Waals surface area (Å²) in [6, 6.07) is -0.0306. The van der Waals surface area contributed by atoms with Crippen LogP contribution in [0, 0.1) is 0 Å². The van der Waals surface area contributed by atoms with Gasteiger partial charge in [0.1, 0.15) is 0 Å². The normalized spacial score (nSPS) is 34.3. The lowest BCUT2D eigenvalue weighted by Gasteiger charge is -2.15. The summed E-state index contributed by atoms with van der Waals surface area (Å²) < 4.78 is 0. The Balaban J connectivity index is 1.58. The molecular formula is C14H22N2O2. The molecule has 4 atom stereocenters. The fourth-order valence-electron chi connectivity index (χ4n) is 2.45. The minimum Gasteiger partial charge on any atom is -0.389 e. The fourth-order valence-corrected chi connectivity index (χ4v) is 2.45. The topological polar surface area (TPSA) is 64.5 Å². The molecule has 1 aliphatic heterocycles. The summed E-state index contributed by atoms with van der Waals surface area (Å²) in [5.41, 5.74) is 4.39. The molecule has 0 bridgehead atoms. The number of aliphatic hydroxyl groups excluding tert-OH is 2. The maximum Gasteiger partial charge on any atom is 0.0967 e. The van der Waals surface area contributed by atoms with Crippen LogP contribution in [0.1, 0.15) is 19.8 Å². The maximum atomic E-state index is 9.79. The zero-order chi connectivity index (χ0) is 13.0. The van der Waals surface area contributed by atoms with Crippen molar-refractivity contribution in [2.75, 3.05) is 13.1 Å². The molecule has 0 unspecified atom stereocenters. The number of allylic oxidation sites excluding steroid dienone is 2. The Morgan fingerprint density at radius 1 is 1.33 bits per heavy atom. The summed E-state index contributed by atoms with van der Waals surface area (Å²) in [5.74, 6) is 0. The zero-order valence-electron chi connectivity index (χ0n) is 10.8. The van der Waals surface area contributed by atoms with Crippen LogP contribution in [0.15, 0.2) is 29.5 Å². The van der Waals surface area contributed by atoms with E-state index in [9.17, 15) is 10.2 Å². The second-order valence-electron chi connectivity index (χ2n) is 5.03. The number of hydrogen-bond acceptors (Lipinski definition) is 4. The van der Waals surface area contributed by atoms with Gasteiger partial charge in [-0.05, 0) is 44.5 Å². The first-order chi connectivity index (χ1) is 8.68. The van der Waals surface area contributed by atoms with Gasteiger partial charge in [-0.25, -0.2) is 0 Å². The summed E-state index contributed by atoms with van der Waals surface area (Å²) in [7, 11) is 0. The van der Waals surface area contributed by atoms with Crippen molar-refractivity contribution in [2.45, 2.75) is 44.1 Å². The first-order valence-electron chi connectivity index (χ1n) is 6.63. The van der Waals surface area contributed by atoms with Crippen molar-refractivity contribution in [1.82, 2.24) is 10.6 Å². The summed E-state index contributed by atoms with van der Waals surface area (Å²) in [6.45, 7) is 3.66. The lowest BCUT2D eigenvalue weighted by molar-refractivity contribution is 0.0293. The molecule has 0 saturated carbocycles. The van der Waals surface area contributed by atoms with Crippen LogP contribution in [0.5, 0.6) is 0 Å². The quantitative estimate of drug-likeness (QED) is 0.398. The average Bonchev–Trinajstić information content (AvgIpc) is 2.95. The molecule has 1 fully saturated rings. The monoisotopic (exact) mass is 250 g/mol. The Kier molecular flexibility index (Phi) is 4.75. The van der Waals surface area contributed by atoms with Gasteiger partial charge in [0.05, 0.1) is 12.2 Å². The minimum absolute atomic E-state index is 0.00649. The lowest BCUT2D eigenvalue weighted by atomic mass is 10.1. The van der Waals surface area contributed by atoms with E-state index in [1.54, 1.807) is 0 Å². The van der Waals surface area contributed by atoms with E-state index in [1.165, 1.54) is 5.57 Å². The summed E-state index contributed by atoms with van der Waals surface area (Å²) >= 11 is 0. The Morgan fingerprint density at radius 2 is 2.17 bits per heavy atom. The molecule has 0 amide bonds. The highest BCUT2D eigenvalue weighted by Gasteiger charge is 2.37. The van der Waals surface area contributed by atoms with Crippen molar-refractivity contribution >= 4 is 0 Å². The molecule has 2 aliphatic rings. The third kappa shape index (κ3) is 3.31. The second-order valence-corrected chi connectivity index (χ2v) is 5.03. The van der Waals surface area contributed by atoms with E-state index in [1.807, 2.05) is 19.1 Å². The van der Waals surface area contributed by atoms with Gasteiger partial charge in [0.15, 0.2) is 0 Å². The van der Waals surface area contributed by atoms with Gasteiger partial charge in [-0.2, -0.15) is 0 Å². The van der Waals surface area contributed by atoms with Crippen LogP contribution in [0.4, 0.5) is 0 Å². The molecule has 1 aliphatic carbocycles. The van der Waals surface area contributed by atoms with Gasteiger partial charge >= 0.3 is 0 Å². The van der Waals surface area contributed by atoms with Crippen molar-refractivity contribution in [3.05, 3.63) is 29.5 Å². The van der Waals surface area contributed by atoms with Crippen molar-refractivity contribution in [1.29, 1.82) is 0 Å². The van der Waals surface area contributed by atoms with E-state index in [2.05, 4.69) is 22.4 Å². The number of rotatable bonds is 6. The van der Waals surface area contributed by atoms with Crippen molar-refractivity contribution in [3.63, 3.8) is 0 Å². The molecule has 4 nitrogen and oxygen atoms in total. The van der Waals surface area contributed by atoms with E-state index >= 15 is 0 Å². The molecule has 0 aromatic carbocycles. The van der Waals surface area contributed by atoms with Crippen LogP contribution >= 0.6 is 0 Å². The van der Waals surface area contributed by atoms with Gasteiger partial charge in [-0.15, -0.1) is 5.73 Å². The summed E-state index contributed by atoms with van der Waals surface area (Å²) in [6.07, 6.45) is 6.51. The number of aliphatic hydroxyl groups is 2. The van der Waals surface area contributed by atoms with Crippen molar-refractivity contribution < 1.29 is 10.2 Å². The Bertz CT molecular complexity index is 372. The minimum atomic E-state index is -0.648. The Labute approximate surface area is 108 Å². The molecule has 0 aromatic heterocycles. The third-order valence-corrected chi connectivity index (χ3v) is 3.62. The SMILES string of the molecule is C[C@@H]1N[C@@H](CCNCCC2=C=CC=C2)[C@H](O)[C@@H]1O. The molecule has 1 saturated heterocycles. The van der Waals surface area contributed by atoms with E-state index in [4.69, 9.17) is 0 Å². The fraction of sp³-hybridized carbons (Fsp3) is 0.643. The third-order valence-electron chi connectivity index (χ3n) is 3.62. The molecule has 100 valence electrons. The summed E-state index contributed by atoms with van der Waals surface area (Å²) in [4.78, 5) is 0. The van der Waals surface area contributed by atoms with Crippen molar-refractivity contribution in [3.8, 4) is 0 Å². The molecule has 0 spiro atoms. The van der Waals surface area contributed by atoms with E-state index < -0.39 is 12.2 Å². The van der Waals surface area contributed by atoms with Gasteiger partial charge in [-0.1, -0.05) is 12.2 Å². The average molecular weight is 250 g/mol. The second kappa shape index (κ2) is 6.32. The maximum absolute atomic E-state index is 9.79. The van der Waals surface area contributed by atoms with Gasteiger partial charge in [-0.3, -0.25) is 0 Å². The molecule has 2 rings (SSSR count). The summed E-state index contributed by atoms with van der Waals surface area (Å²) in [5, 5.41) is 26.0. The standard InChI is InChI=1S/C14H22N2O2/c1-10-13(17)14(18)12(16-10)7-9-15-8-6-11-4-2-3-5-11/h2-4,10,12-18H,6-9H2,1H3/t10-,12-,13+,14-/m0/s1. The molecule has 1 heterocycles. The van der Waals surface area contributed by atoms with Gasteiger partial charge in [0.25, 0.3) is 0 Å². The van der Waals surface area contributed by atoms with E-state index in [0.29, 0.717) is 0 Å². The molecule has 0 radical (unpaired) electrons. The van der Waals surface area contributed by atoms with Crippen LogP contribution < -0.4 is 10.6 Å². The van der Waals surface area contributed by atoms with Gasteiger partial charge in [0.2, 0.25) is 0 Å². The predicted molar refractivity (Wildman–Crippen MR) is 71.2 cm³/mol. The molecule has 0 aromatic rings. The van der Waals surface area contributed by atoms with Crippen LogP contribution in [0.25, 0.3) is 0 Å². The molecule has 4 N–H and O–H groups in total. The first-order valence-corrected chi connectivity index (χ1v) is 6.63. The van der Waals surface area contributed by atoms with Crippen molar-refractivity contribution in [2.24, 2.45) is 0 Å². The zero-order valence-corrected chi connectivity index (χ0v) is 10.8. The highest BCUT2D eigenvalue weighted by atomic mass is 16.3. The Hall–Kier alpha value is -0.900. The first kappa shape index (κ1) is 13.5. The highest BCUT2D eigenvalue weighted by molar-refractivity contribution is 5.28. The van der Waals surface area contributed by atoms with Gasteiger partial charge in [0, 0.05) is 12.1 Å². The lowest BCUT2D eigenvalue weighted by Crippen LogP contribution is -2.36. The molecule has 18 heavy (non-hydrogen) atoms. The van der Waals surface area contributed by atoms with E-state index in [0.717, 1.165) is 25.9 Å². The number of hydrogen-bond donors (Lipinski definition) is 4. The molecule has 4 heteroatoms. The largest absolute Gasteiger partial charge is 0.389 e. The van der Waals surface area contributed by atoms with Crippen LogP contribution in [-0.4, -0.2) is 47.6 Å². The Morgan fingerprint density at radius 3 is 2.78 bits per heavy atom. The van der Waals surface area contributed by atoms with Crippen LogP contribution in [-0.2, 0) is 0 Å². The predicted octanol–water partition coefficient (Wildman–Crippen LogP) is 0.0896. The highest BCUT2D eigenvalue weighted by Crippen LogP contribution is 2.16. The number of nitrogens with one attached hydrogen (secondary N) is 2. The van der Waals surface area contributed by atoms with Crippen LogP contribution in [0.3, 0.4) is 0 Å². The van der Waals surface area contributed by atoms with E-state index in [-0.39, 0.29) is 12.1 Å². The van der Waals surface area contributed by atoms with Crippen LogP contribution in [0.2, 0.25) is 0 Å². The molecular weight excluding hydrogens is 228 g/mol. The van der Waals surface area contributed by atoms with Gasteiger partial charge < -0.3 is 20.8 Å². The smallest absolute Gasteiger partial charge is 0.0967 e.